The molecule has 0 radical (unpaired) electrons. The average Bonchev–Trinajstić information content (AvgIpc) is 2.87. The van der Waals surface area contributed by atoms with Crippen molar-refractivity contribution in [3.05, 3.63) is 72.3 Å². The molecule has 1 heterocycles. The summed E-state index contributed by atoms with van der Waals surface area (Å²) in [5, 5.41) is 22.3. The fraction of sp³-hybridized carbons (Fsp3) is 0.167. The van der Waals surface area contributed by atoms with Crippen molar-refractivity contribution in [1.29, 1.82) is 0 Å². The van der Waals surface area contributed by atoms with Crippen molar-refractivity contribution in [3.63, 3.8) is 0 Å². The van der Waals surface area contributed by atoms with Gasteiger partial charge in [0.1, 0.15) is 17.2 Å². The minimum atomic E-state index is -0.686. The number of aliphatic hydroxyl groups is 1. The van der Waals surface area contributed by atoms with E-state index in [2.05, 4.69) is 25.8 Å². The molecule has 35 heavy (non-hydrogen) atoms. The van der Waals surface area contributed by atoms with Crippen LogP contribution in [0.25, 0.3) is 0 Å². The number of azo groups is 1. The molecule has 0 aliphatic carbocycles. The van der Waals surface area contributed by atoms with E-state index in [4.69, 9.17) is 15.6 Å². The third-order valence-corrected chi connectivity index (χ3v) is 4.63. The number of nitrogens with zero attached hydrogens (tertiary/aromatic N) is 3. The number of hydrogen-bond acceptors (Lipinski definition) is 9. The van der Waals surface area contributed by atoms with Crippen molar-refractivity contribution in [2.45, 2.75) is 6.92 Å². The number of aliphatic hydroxyl groups excluding tert-OH is 1. The van der Waals surface area contributed by atoms with E-state index < -0.39 is 17.8 Å². The Balaban J connectivity index is 1.61. The molecule has 0 spiro atoms. The Kier molecular flexibility index (Phi) is 8.57. The average molecular weight is 476 g/mol. The molecule has 2 aromatic carbocycles. The second-order valence-electron chi connectivity index (χ2n) is 7.37. The third-order valence-electron chi connectivity index (χ3n) is 4.63. The summed E-state index contributed by atoms with van der Waals surface area (Å²) in [5.41, 5.74) is 6.88. The van der Waals surface area contributed by atoms with Gasteiger partial charge < -0.3 is 26.2 Å². The maximum Gasteiger partial charge on any atom is 0.316 e. The number of rotatable bonds is 9. The molecule has 180 valence electrons. The summed E-state index contributed by atoms with van der Waals surface area (Å²) in [6.07, 6.45) is 0. The Morgan fingerprint density at radius 2 is 1.69 bits per heavy atom. The van der Waals surface area contributed by atoms with Gasteiger partial charge in [-0.3, -0.25) is 14.4 Å². The van der Waals surface area contributed by atoms with Crippen molar-refractivity contribution in [2.75, 3.05) is 24.2 Å². The number of nitrogen functional groups attached to an aromatic ring is 1. The van der Waals surface area contributed by atoms with Crippen LogP contribution in [-0.2, 0) is 9.59 Å². The summed E-state index contributed by atoms with van der Waals surface area (Å²) < 4.78 is 5.27. The number of pyridine rings is 1. The fourth-order valence-electron chi connectivity index (χ4n) is 2.68. The lowest BCUT2D eigenvalue weighted by Gasteiger charge is -2.10. The molecule has 0 bridgehead atoms. The molecule has 0 fully saturated rings. The topological polar surface area (TPSA) is 168 Å². The van der Waals surface area contributed by atoms with Gasteiger partial charge in [0.25, 0.3) is 5.91 Å². The van der Waals surface area contributed by atoms with Gasteiger partial charge in [0, 0.05) is 5.56 Å². The highest BCUT2D eigenvalue weighted by molar-refractivity contribution is 5.99. The lowest BCUT2D eigenvalue weighted by Crippen LogP contribution is -2.33. The van der Waals surface area contributed by atoms with Crippen LogP contribution in [0, 0.1) is 5.92 Å². The standard InChI is InChI=1S/C24H24N6O5/c1-15(14-31)24(34)35-19-10-6-5-9-17(19)29-30-18-11-12-20(28-22(18)25)27-21(32)13-26-23(33)16-7-3-2-4-8-16/h2-12,15,31H,13-14H2,1H3,(H,26,33)(H3,25,27,28,32)/t15-/m0/s1. The minimum Gasteiger partial charge on any atom is -0.424 e. The zero-order chi connectivity index (χ0) is 25.2. The van der Waals surface area contributed by atoms with Gasteiger partial charge in [-0.25, -0.2) is 4.98 Å². The van der Waals surface area contributed by atoms with Gasteiger partial charge in [0.05, 0.1) is 19.1 Å². The molecule has 3 aromatic rings. The van der Waals surface area contributed by atoms with Gasteiger partial charge in [0.2, 0.25) is 5.91 Å². The molecule has 0 aliphatic heterocycles. The largest absolute Gasteiger partial charge is 0.424 e. The molecule has 0 saturated carbocycles. The summed E-state index contributed by atoms with van der Waals surface area (Å²) in [4.78, 5) is 40.2. The first-order valence-electron chi connectivity index (χ1n) is 10.6. The number of nitrogens with two attached hydrogens (primary N) is 1. The van der Waals surface area contributed by atoms with Gasteiger partial charge in [-0.15, -0.1) is 10.2 Å². The number of carbonyl (C=O) groups is 3. The Labute approximate surface area is 201 Å². The van der Waals surface area contributed by atoms with Crippen molar-refractivity contribution < 1.29 is 24.2 Å². The number of hydrogen-bond donors (Lipinski definition) is 4. The van der Waals surface area contributed by atoms with Gasteiger partial charge in [-0.2, -0.15) is 0 Å². The van der Waals surface area contributed by atoms with E-state index in [0.717, 1.165) is 0 Å². The Bertz CT molecular complexity index is 1230. The smallest absolute Gasteiger partial charge is 0.316 e. The zero-order valence-corrected chi connectivity index (χ0v) is 18.8. The molecule has 3 rings (SSSR count). The van der Waals surface area contributed by atoms with Crippen LogP contribution >= 0.6 is 0 Å². The molecule has 0 aliphatic rings. The number of nitrogens with one attached hydrogen (secondary N) is 2. The van der Waals surface area contributed by atoms with Crippen molar-refractivity contribution in [1.82, 2.24) is 10.3 Å². The zero-order valence-electron chi connectivity index (χ0n) is 18.8. The van der Waals surface area contributed by atoms with Gasteiger partial charge in [0.15, 0.2) is 11.6 Å². The molecule has 0 unspecified atom stereocenters. The number of aromatic nitrogens is 1. The first kappa shape index (κ1) is 25.0. The maximum absolute atomic E-state index is 12.1. The molecule has 5 N–H and O–H groups in total. The number of para-hydroxylation sites is 1. The molecule has 11 nitrogen and oxygen atoms in total. The van der Waals surface area contributed by atoms with E-state index in [-0.39, 0.29) is 47.8 Å². The van der Waals surface area contributed by atoms with E-state index in [1.54, 1.807) is 54.6 Å². The molecule has 0 saturated heterocycles. The monoisotopic (exact) mass is 476 g/mol. The lowest BCUT2D eigenvalue weighted by molar-refractivity contribution is -0.139. The Hall–Kier alpha value is -4.64. The maximum atomic E-state index is 12.1. The number of esters is 1. The molecular formula is C24H24N6O5. The highest BCUT2D eigenvalue weighted by Gasteiger charge is 2.16. The van der Waals surface area contributed by atoms with E-state index in [1.165, 1.54) is 19.1 Å². The normalized spacial score (nSPS) is 11.6. The van der Waals surface area contributed by atoms with Crippen LogP contribution in [0.15, 0.2) is 77.0 Å². The minimum absolute atomic E-state index is 0.00301. The summed E-state index contributed by atoms with van der Waals surface area (Å²) in [7, 11) is 0. The van der Waals surface area contributed by atoms with Gasteiger partial charge in [-0.1, -0.05) is 30.3 Å². The van der Waals surface area contributed by atoms with Crippen LogP contribution < -0.4 is 21.1 Å². The van der Waals surface area contributed by atoms with Crippen molar-refractivity contribution in [3.8, 4) is 5.75 Å². The predicted molar refractivity (Wildman–Crippen MR) is 129 cm³/mol. The number of anilines is 2. The first-order chi connectivity index (χ1) is 16.9. The van der Waals surface area contributed by atoms with Crippen molar-refractivity contribution in [2.24, 2.45) is 16.1 Å². The van der Waals surface area contributed by atoms with E-state index in [1.807, 2.05) is 0 Å². The summed E-state index contributed by atoms with van der Waals surface area (Å²) in [5.74, 6) is -1.79. The quantitative estimate of drug-likeness (QED) is 0.209. The molecule has 11 heteroatoms. The van der Waals surface area contributed by atoms with E-state index >= 15 is 0 Å². The fourth-order valence-corrected chi connectivity index (χ4v) is 2.68. The van der Waals surface area contributed by atoms with Crippen LogP contribution in [0.4, 0.5) is 23.0 Å². The highest BCUT2D eigenvalue weighted by Crippen LogP contribution is 2.31. The second-order valence-corrected chi connectivity index (χ2v) is 7.37. The molecule has 2 amide bonds. The number of benzene rings is 2. The van der Waals surface area contributed by atoms with Crippen LogP contribution in [-0.4, -0.2) is 41.0 Å². The number of ether oxygens (including phenoxy) is 1. The summed E-state index contributed by atoms with van der Waals surface area (Å²) in [6.45, 7) is 0.949. The molecular weight excluding hydrogens is 452 g/mol. The first-order valence-corrected chi connectivity index (χ1v) is 10.6. The van der Waals surface area contributed by atoms with Crippen LogP contribution in [0.2, 0.25) is 0 Å². The Morgan fingerprint density at radius 3 is 2.40 bits per heavy atom. The molecule has 1 atom stereocenters. The lowest BCUT2D eigenvalue weighted by atomic mass is 10.2. The molecule has 1 aromatic heterocycles. The van der Waals surface area contributed by atoms with Crippen LogP contribution in [0.1, 0.15) is 17.3 Å². The van der Waals surface area contributed by atoms with Crippen LogP contribution in [0.3, 0.4) is 0 Å². The third kappa shape index (κ3) is 7.17. The summed E-state index contributed by atoms with van der Waals surface area (Å²) >= 11 is 0. The highest BCUT2D eigenvalue weighted by atomic mass is 16.5. The van der Waals surface area contributed by atoms with Gasteiger partial charge >= 0.3 is 5.97 Å². The predicted octanol–water partition coefficient (Wildman–Crippen LogP) is 2.98. The number of amides is 2. The number of carbonyl (C=O) groups excluding carboxylic acids is 3. The second kappa shape index (κ2) is 12.0. The van der Waals surface area contributed by atoms with Gasteiger partial charge in [-0.05, 0) is 43.3 Å². The van der Waals surface area contributed by atoms with E-state index in [0.29, 0.717) is 5.56 Å². The van der Waals surface area contributed by atoms with E-state index in [9.17, 15) is 14.4 Å². The summed E-state index contributed by atoms with van der Waals surface area (Å²) in [6, 6.07) is 18.0. The SMILES string of the molecule is C[C@@H](CO)C(=O)Oc1ccccc1N=Nc1ccc(NC(=O)CNC(=O)c2ccccc2)nc1N. The van der Waals surface area contributed by atoms with Crippen molar-refractivity contribution >= 4 is 40.8 Å². The Morgan fingerprint density at radius 1 is 1.00 bits per heavy atom. The van der Waals surface area contributed by atoms with Crippen LogP contribution in [0.5, 0.6) is 5.75 Å².